The molecule has 3 nitrogen and oxygen atoms in total. The average Bonchev–Trinajstić information content (AvgIpc) is 2.83. The van der Waals surface area contributed by atoms with Gasteiger partial charge >= 0.3 is 0 Å². The number of hydrogen-bond donors (Lipinski definition) is 0. The van der Waals surface area contributed by atoms with Crippen LogP contribution in [0.4, 0.5) is 0 Å². The molecule has 5 heteroatoms. The highest BCUT2D eigenvalue weighted by molar-refractivity contribution is 9.10. The molecule has 0 fully saturated rings. The maximum Gasteiger partial charge on any atom is 0.279 e. The molecule has 3 aromatic rings. The smallest absolute Gasteiger partial charge is 0.279 e. The predicted molar refractivity (Wildman–Crippen MR) is 94.3 cm³/mol. The quantitative estimate of drug-likeness (QED) is 0.648. The number of rotatable bonds is 2. The SMILES string of the molecule is CCn1c(=NC(=O)c2cccc(Br)c2)sc2cc(C)ccc21. The zero-order chi connectivity index (χ0) is 15.7. The van der Waals surface area contributed by atoms with Gasteiger partial charge in [-0.2, -0.15) is 4.99 Å². The van der Waals surface area contributed by atoms with E-state index in [1.54, 1.807) is 23.5 Å². The first kappa shape index (κ1) is 15.2. The number of carbonyl (C=O) groups excluding carboxylic acids is 1. The number of carbonyl (C=O) groups is 1. The number of nitrogens with zero attached hydrogens (tertiary/aromatic N) is 2. The van der Waals surface area contributed by atoms with Gasteiger partial charge in [0.1, 0.15) is 0 Å². The third kappa shape index (κ3) is 2.91. The fraction of sp³-hybridized carbons (Fsp3) is 0.176. The summed E-state index contributed by atoms with van der Waals surface area (Å²) in [5.74, 6) is -0.216. The van der Waals surface area contributed by atoms with E-state index < -0.39 is 0 Å². The first-order chi connectivity index (χ1) is 10.6. The van der Waals surface area contributed by atoms with Gasteiger partial charge in [0.05, 0.1) is 10.2 Å². The van der Waals surface area contributed by atoms with Gasteiger partial charge in [0.25, 0.3) is 5.91 Å². The second-order valence-electron chi connectivity index (χ2n) is 5.03. The minimum Gasteiger partial charge on any atom is -0.317 e. The molecule has 1 heterocycles. The zero-order valence-electron chi connectivity index (χ0n) is 12.3. The molecule has 1 amide bonds. The van der Waals surface area contributed by atoms with E-state index in [1.807, 2.05) is 12.1 Å². The molecule has 2 aromatic carbocycles. The molecule has 0 unspecified atom stereocenters. The summed E-state index contributed by atoms with van der Waals surface area (Å²) in [6, 6.07) is 13.6. The van der Waals surface area contributed by atoms with Crippen molar-refractivity contribution in [3.8, 4) is 0 Å². The van der Waals surface area contributed by atoms with Gasteiger partial charge in [-0.3, -0.25) is 4.79 Å². The third-order valence-electron chi connectivity index (χ3n) is 3.42. The van der Waals surface area contributed by atoms with Gasteiger partial charge in [-0.15, -0.1) is 0 Å². The van der Waals surface area contributed by atoms with Gasteiger partial charge in [-0.05, 0) is 49.7 Å². The molecule has 0 saturated carbocycles. The first-order valence-corrected chi connectivity index (χ1v) is 8.64. The summed E-state index contributed by atoms with van der Waals surface area (Å²) in [6.07, 6.45) is 0. The van der Waals surface area contributed by atoms with Gasteiger partial charge in [0.15, 0.2) is 4.80 Å². The Bertz CT molecular complexity index is 924. The topological polar surface area (TPSA) is 34.4 Å². The second kappa shape index (κ2) is 6.18. The molecule has 22 heavy (non-hydrogen) atoms. The number of aromatic nitrogens is 1. The van der Waals surface area contributed by atoms with Crippen LogP contribution in [0.3, 0.4) is 0 Å². The standard InChI is InChI=1S/C17H15BrN2OS/c1-3-20-14-8-7-11(2)9-15(14)22-17(20)19-16(21)12-5-4-6-13(18)10-12/h4-10H,3H2,1-2H3. The summed E-state index contributed by atoms with van der Waals surface area (Å²) in [5.41, 5.74) is 2.92. The fourth-order valence-corrected chi connectivity index (χ4v) is 3.93. The van der Waals surface area contributed by atoms with Gasteiger partial charge in [0.2, 0.25) is 0 Å². The second-order valence-corrected chi connectivity index (χ2v) is 6.95. The van der Waals surface area contributed by atoms with Crippen molar-refractivity contribution >= 4 is 43.4 Å². The van der Waals surface area contributed by atoms with E-state index in [1.165, 1.54) is 5.56 Å². The van der Waals surface area contributed by atoms with Crippen LogP contribution in [0.2, 0.25) is 0 Å². The lowest BCUT2D eigenvalue weighted by Gasteiger charge is -2.00. The maximum atomic E-state index is 12.4. The molecule has 3 rings (SSSR count). The van der Waals surface area contributed by atoms with E-state index >= 15 is 0 Å². The van der Waals surface area contributed by atoms with Gasteiger partial charge in [0, 0.05) is 16.6 Å². The number of halogens is 1. The van der Waals surface area contributed by atoms with Crippen LogP contribution in [0.1, 0.15) is 22.8 Å². The minimum absolute atomic E-state index is 0.216. The van der Waals surface area contributed by atoms with Gasteiger partial charge < -0.3 is 4.57 Å². The Balaban J connectivity index is 2.14. The van der Waals surface area contributed by atoms with E-state index in [0.29, 0.717) is 5.56 Å². The number of hydrogen-bond acceptors (Lipinski definition) is 2. The molecule has 0 saturated heterocycles. The zero-order valence-corrected chi connectivity index (χ0v) is 14.7. The van der Waals surface area contributed by atoms with Gasteiger partial charge in [-0.1, -0.05) is 39.4 Å². The van der Waals surface area contributed by atoms with Gasteiger partial charge in [-0.25, -0.2) is 0 Å². The fourth-order valence-electron chi connectivity index (χ4n) is 2.34. The van der Waals surface area contributed by atoms with Crippen LogP contribution in [-0.2, 0) is 6.54 Å². The molecule has 0 aliphatic rings. The predicted octanol–water partition coefficient (Wildman–Crippen LogP) is 4.53. The van der Waals surface area contributed by atoms with Crippen molar-refractivity contribution in [2.75, 3.05) is 0 Å². The molecule has 0 aliphatic heterocycles. The Kier molecular flexibility index (Phi) is 4.27. The van der Waals surface area contributed by atoms with Crippen molar-refractivity contribution in [1.29, 1.82) is 0 Å². The van der Waals surface area contributed by atoms with Crippen LogP contribution in [0.25, 0.3) is 10.2 Å². The molecule has 0 spiro atoms. The van der Waals surface area contributed by atoms with Crippen LogP contribution in [0.15, 0.2) is 51.9 Å². The summed E-state index contributed by atoms with van der Waals surface area (Å²) in [5, 5.41) is 0. The Hall–Kier alpha value is -1.72. The van der Waals surface area contributed by atoms with Crippen LogP contribution >= 0.6 is 27.3 Å². The van der Waals surface area contributed by atoms with Crippen LogP contribution in [0, 0.1) is 6.92 Å². The number of thiazole rings is 1. The molecule has 1 aromatic heterocycles. The molecule has 0 atom stereocenters. The number of amides is 1. The summed E-state index contributed by atoms with van der Waals surface area (Å²) < 4.78 is 4.11. The molecule has 112 valence electrons. The monoisotopic (exact) mass is 374 g/mol. The van der Waals surface area contributed by atoms with Crippen molar-refractivity contribution in [3.05, 3.63) is 62.9 Å². The van der Waals surface area contributed by atoms with E-state index in [2.05, 4.69) is 57.5 Å². The van der Waals surface area contributed by atoms with Crippen molar-refractivity contribution < 1.29 is 4.79 Å². The number of benzene rings is 2. The lowest BCUT2D eigenvalue weighted by atomic mass is 10.2. The molecule has 0 aliphatic carbocycles. The Morgan fingerprint density at radius 2 is 2.09 bits per heavy atom. The molecule has 0 radical (unpaired) electrons. The summed E-state index contributed by atoms with van der Waals surface area (Å²) in [7, 11) is 0. The van der Waals surface area contributed by atoms with Crippen molar-refractivity contribution in [2.24, 2.45) is 4.99 Å². The maximum absolute atomic E-state index is 12.4. The lowest BCUT2D eigenvalue weighted by Crippen LogP contribution is -2.15. The molecule has 0 bridgehead atoms. The molecular weight excluding hydrogens is 360 g/mol. The minimum atomic E-state index is -0.216. The largest absolute Gasteiger partial charge is 0.317 e. The summed E-state index contributed by atoms with van der Waals surface area (Å²) in [6.45, 7) is 4.92. The van der Waals surface area contributed by atoms with Crippen LogP contribution < -0.4 is 4.80 Å². The Morgan fingerprint density at radius 3 is 2.82 bits per heavy atom. The van der Waals surface area contributed by atoms with E-state index in [4.69, 9.17) is 0 Å². The van der Waals surface area contributed by atoms with E-state index in [9.17, 15) is 4.79 Å². The highest BCUT2D eigenvalue weighted by Crippen LogP contribution is 2.19. The van der Waals surface area contributed by atoms with Crippen LogP contribution in [-0.4, -0.2) is 10.5 Å². The van der Waals surface area contributed by atoms with Crippen molar-refractivity contribution in [2.45, 2.75) is 20.4 Å². The first-order valence-electron chi connectivity index (χ1n) is 7.03. The average molecular weight is 375 g/mol. The van der Waals surface area contributed by atoms with Crippen molar-refractivity contribution in [1.82, 2.24) is 4.57 Å². The van der Waals surface area contributed by atoms with Crippen LogP contribution in [0.5, 0.6) is 0 Å². The molecule has 0 N–H and O–H groups in total. The number of aryl methyl sites for hydroxylation is 2. The third-order valence-corrected chi connectivity index (χ3v) is 4.96. The van der Waals surface area contributed by atoms with E-state index in [-0.39, 0.29) is 5.91 Å². The highest BCUT2D eigenvalue weighted by Gasteiger charge is 2.08. The summed E-state index contributed by atoms with van der Waals surface area (Å²) in [4.78, 5) is 17.5. The lowest BCUT2D eigenvalue weighted by molar-refractivity contribution is 0.0998. The van der Waals surface area contributed by atoms with Crippen molar-refractivity contribution in [3.63, 3.8) is 0 Å². The number of fused-ring (bicyclic) bond motifs is 1. The Morgan fingerprint density at radius 1 is 1.27 bits per heavy atom. The molecular formula is C17H15BrN2OS. The highest BCUT2D eigenvalue weighted by atomic mass is 79.9. The normalized spacial score (nSPS) is 12.0. The van der Waals surface area contributed by atoms with E-state index in [0.717, 1.165) is 26.0 Å². The Labute approximate surface area is 141 Å². The summed E-state index contributed by atoms with van der Waals surface area (Å²) >= 11 is 4.94.